The fourth-order valence-corrected chi connectivity index (χ4v) is 2.93. The van der Waals surface area contributed by atoms with Crippen LogP contribution in [0.2, 0.25) is 0 Å². The van der Waals surface area contributed by atoms with Crippen molar-refractivity contribution in [1.29, 1.82) is 0 Å². The lowest BCUT2D eigenvalue weighted by molar-refractivity contribution is -0.160. The molecule has 1 heterocycles. The van der Waals surface area contributed by atoms with Crippen molar-refractivity contribution in [2.24, 2.45) is 11.7 Å². The minimum atomic E-state index is -1.00. The molecule has 3 N–H and O–H groups in total. The molecule has 108 valence electrons. The van der Waals surface area contributed by atoms with Gasteiger partial charge in [-0.05, 0) is 12.8 Å². The van der Waals surface area contributed by atoms with Gasteiger partial charge in [0.15, 0.2) is 6.04 Å². The summed E-state index contributed by atoms with van der Waals surface area (Å²) in [6, 6.07) is -1.01. The zero-order valence-electron chi connectivity index (χ0n) is 11.1. The molecule has 0 aromatic heterocycles. The molecule has 1 amide bonds. The van der Waals surface area contributed by atoms with Gasteiger partial charge in [0.25, 0.3) is 0 Å². The van der Waals surface area contributed by atoms with Crippen molar-refractivity contribution in [2.45, 2.75) is 44.2 Å². The van der Waals surface area contributed by atoms with Crippen LogP contribution in [0.25, 0.3) is 0 Å². The number of nitrogens with zero attached hydrogens (tertiary/aromatic N) is 1. The lowest BCUT2D eigenvalue weighted by Gasteiger charge is -2.36. The summed E-state index contributed by atoms with van der Waals surface area (Å²) >= 11 is 0. The number of amides is 1. The molecule has 0 aromatic carbocycles. The summed E-state index contributed by atoms with van der Waals surface area (Å²) in [5.74, 6) is -1.34. The smallest absolute Gasteiger partial charge is 0.328 e. The van der Waals surface area contributed by atoms with Gasteiger partial charge in [0.05, 0.1) is 19.1 Å². The van der Waals surface area contributed by atoms with Crippen molar-refractivity contribution in [2.75, 3.05) is 19.8 Å². The summed E-state index contributed by atoms with van der Waals surface area (Å²) in [5, 5.41) is 9.17. The Labute approximate surface area is 112 Å². The number of carbonyl (C=O) groups is 2. The summed E-state index contributed by atoms with van der Waals surface area (Å²) in [6.07, 6.45) is 4.76. The van der Waals surface area contributed by atoms with Crippen LogP contribution in [0.3, 0.4) is 0 Å². The Morgan fingerprint density at radius 2 is 1.95 bits per heavy atom. The Morgan fingerprint density at radius 1 is 1.21 bits per heavy atom. The highest BCUT2D eigenvalue weighted by molar-refractivity contribution is 5.85. The first-order valence-corrected chi connectivity index (χ1v) is 6.98. The van der Waals surface area contributed by atoms with Crippen LogP contribution in [0.5, 0.6) is 0 Å². The molecule has 0 radical (unpaired) electrons. The highest BCUT2D eigenvalue weighted by Crippen LogP contribution is 2.25. The number of carboxylic acid groups (broad SMARTS) is 1. The molecule has 19 heavy (non-hydrogen) atoms. The average molecular weight is 270 g/mol. The number of nitrogens with two attached hydrogens (primary N) is 1. The normalized spacial score (nSPS) is 32.7. The quantitative estimate of drug-likeness (QED) is 0.699. The topological polar surface area (TPSA) is 92.9 Å². The lowest BCUT2D eigenvalue weighted by atomic mass is 9.93. The largest absolute Gasteiger partial charge is 0.480 e. The minimum Gasteiger partial charge on any atom is -0.480 e. The van der Waals surface area contributed by atoms with Gasteiger partial charge in [0.2, 0.25) is 5.91 Å². The number of rotatable bonds is 2. The first-order valence-electron chi connectivity index (χ1n) is 6.98. The Balaban J connectivity index is 2.09. The van der Waals surface area contributed by atoms with Crippen LogP contribution in [0.4, 0.5) is 0 Å². The SMILES string of the molecule is NC1CCCCCC1C(=O)N1CCOCC1C(=O)O. The molecular weight excluding hydrogens is 248 g/mol. The monoisotopic (exact) mass is 270 g/mol. The van der Waals surface area contributed by atoms with Gasteiger partial charge in [0, 0.05) is 12.6 Å². The van der Waals surface area contributed by atoms with Crippen molar-refractivity contribution < 1.29 is 19.4 Å². The molecule has 1 aliphatic carbocycles. The van der Waals surface area contributed by atoms with Gasteiger partial charge in [0.1, 0.15) is 0 Å². The molecule has 3 unspecified atom stereocenters. The average Bonchev–Trinajstić information content (AvgIpc) is 2.62. The van der Waals surface area contributed by atoms with E-state index in [4.69, 9.17) is 10.5 Å². The summed E-state index contributed by atoms with van der Waals surface area (Å²) in [5.41, 5.74) is 6.08. The second-order valence-corrected chi connectivity index (χ2v) is 5.37. The van der Waals surface area contributed by atoms with Gasteiger partial charge >= 0.3 is 5.97 Å². The molecule has 0 aromatic rings. The molecule has 1 saturated carbocycles. The predicted octanol–water partition coefficient (Wildman–Crippen LogP) is 0.206. The highest BCUT2D eigenvalue weighted by atomic mass is 16.5. The molecule has 2 rings (SSSR count). The number of carbonyl (C=O) groups excluding carboxylic acids is 1. The van der Waals surface area contributed by atoms with Gasteiger partial charge in [-0.2, -0.15) is 0 Å². The fourth-order valence-electron chi connectivity index (χ4n) is 2.93. The zero-order chi connectivity index (χ0) is 13.8. The third-order valence-electron chi connectivity index (χ3n) is 4.08. The maximum atomic E-state index is 12.6. The van der Waals surface area contributed by atoms with E-state index in [1.165, 1.54) is 4.90 Å². The van der Waals surface area contributed by atoms with E-state index in [1.54, 1.807) is 0 Å². The van der Waals surface area contributed by atoms with E-state index in [0.29, 0.717) is 13.2 Å². The molecule has 1 aliphatic heterocycles. The highest BCUT2D eigenvalue weighted by Gasteiger charge is 2.38. The molecule has 2 fully saturated rings. The number of aliphatic carboxylic acids is 1. The summed E-state index contributed by atoms with van der Waals surface area (Å²) in [6.45, 7) is 0.819. The Hall–Kier alpha value is -1.14. The number of carboxylic acids is 1. The molecule has 2 aliphatic rings. The molecule has 3 atom stereocenters. The number of hydrogen-bond acceptors (Lipinski definition) is 4. The molecule has 6 nitrogen and oxygen atoms in total. The molecule has 0 bridgehead atoms. The molecule has 1 saturated heterocycles. The van der Waals surface area contributed by atoms with E-state index in [9.17, 15) is 14.7 Å². The summed E-state index contributed by atoms with van der Waals surface area (Å²) < 4.78 is 5.16. The van der Waals surface area contributed by atoms with Gasteiger partial charge in [-0.1, -0.05) is 19.3 Å². The summed E-state index contributed by atoms with van der Waals surface area (Å²) in [7, 11) is 0. The third-order valence-corrected chi connectivity index (χ3v) is 4.08. The third kappa shape index (κ3) is 3.25. The van der Waals surface area contributed by atoms with E-state index < -0.39 is 12.0 Å². The van der Waals surface area contributed by atoms with Crippen molar-refractivity contribution in [3.63, 3.8) is 0 Å². The maximum absolute atomic E-state index is 12.6. The molecule has 0 spiro atoms. The van der Waals surface area contributed by atoms with Crippen molar-refractivity contribution in [3.8, 4) is 0 Å². The van der Waals surface area contributed by atoms with E-state index in [-0.39, 0.29) is 24.5 Å². The summed E-state index contributed by atoms with van der Waals surface area (Å²) in [4.78, 5) is 25.2. The minimum absolute atomic E-state index is 0.0725. The van der Waals surface area contributed by atoms with Gasteiger partial charge < -0.3 is 20.5 Å². The lowest BCUT2D eigenvalue weighted by Crippen LogP contribution is -2.56. The van der Waals surface area contributed by atoms with E-state index in [1.807, 2.05) is 0 Å². The van der Waals surface area contributed by atoms with Crippen LogP contribution in [0.1, 0.15) is 32.1 Å². The van der Waals surface area contributed by atoms with E-state index >= 15 is 0 Å². The van der Waals surface area contributed by atoms with Crippen molar-refractivity contribution >= 4 is 11.9 Å². The second-order valence-electron chi connectivity index (χ2n) is 5.37. The standard InChI is InChI=1S/C13H22N2O4/c14-10-5-3-1-2-4-9(10)12(16)15-6-7-19-8-11(15)13(17)18/h9-11H,1-8,14H2,(H,17,18). The molecule has 6 heteroatoms. The van der Waals surface area contributed by atoms with Crippen LogP contribution in [0.15, 0.2) is 0 Å². The van der Waals surface area contributed by atoms with Crippen molar-refractivity contribution in [3.05, 3.63) is 0 Å². The second kappa shape index (κ2) is 6.34. The number of ether oxygens (including phenoxy) is 1. The Bertz CT molecular complexity index is 348. The van der Waals surface area contributed by atoms with Crippen LogP contribution < -0.4 is 5.73 Å². The van der Waals surface area contributed by atoms with Crippen LogP contribution >= 0.6 is 0 Å². The zero-order valence-corrected chi connectivity index (χ0v) is 11.1. The fraction of sp³-hybridized carbons (Fsp3) is 0.846. The van der Waals surface area contributed by atoms with Crippen LogP contribution in [-0.2, 0) is 14.3 Å². The maximum Gasteiger partial charge on any atom is 0.328 e. The first kappa shape index (κ1) is 14.3. The van der Waals surface area contributed by atoms with Crippen LogP contribution in [-0.4, -0.2) is 53.7 Å². The molecular formula is C13H22N2O4. The Morgan fingerprint density at radius 3 is 2.68 bits per heavy atom. The van der Waals surface area contributed by atoms with E-state index in [2.05, 4.69) is 0 Å². The van der Waals surface area contributed by atoms with Gasteiger partial charge in [-0.25, -0.2) is 4.79 Å². The predicted molar refractivity (Wildman–Crippen MR) is 68.5 cm³/mol. The van der Waals surface area contributed by atoms with Gasteiger partial charge in [-0.3, -0.25) is 4.79 Å². The number of morpholine rings is 1. The van der Waals surface area contributed by atoms with Crippen molar-refractivity contribution in [1.82, 2.24) is 4.90 Å². The van der Waals surface area contributed by atoms with Gasteiger partial charge in [-0.15, -0.1) is 0 Å². The van der Waals surface area contributed by atoms with E-state index in [0.717, 1.165) is 32.1 Å². The first-order chi connectivity index (χ1) is 9.11. The number of hydrogen-bond donors (Lipinski definition) is 2. The Kier molecular flexibility index (Phi) is 4.76. The van der Waals surface area contributed by atoms with Crippen LogP contribution in [0, 0.1) is 5.92 Å².